The number of aliphatic carboxylic acids is 1. The molecule has 2 heterocycles. The van der Waals surface area contributed by atoms with Crippen molar-refractivity contribution in [2.24, 2.45) is 0 Å². The van der Waals surface area contributed by atoms with Crippen molar-refractivity contribution in [3.8, 4) is 0 Å². The Balaban J connectivity index is 1.79. The Kier molecular flexibility index (Phi) is 5.14. The number of aromatic nitrogens is 2. The molecule has 25 heavy (non-hydrogen) atoms. The summed E-state index contributed by atoms with van der Waals surface area (Å²) in [5.74, 6) is -1.13. The Morgan fingerprint density at radius 3 is 2.80 bits per heavy atom. The third kappa shape index (κ3) is 3.88. The van der Waals surface area contributed by atoms with Gasteiger partial charge in [0, 0.05) is 12.2 Å². The third-order valence-corrected chi connectivity index (χ3v) is 4.41. The minimum atomic E-state index is -0.940. The maximum absolute atomic E-state index is 12.9. The summed E-state index contributed by atoms with van der Waals surface area (Å²) in [6, 6.07) is 9.45. The molecule has 3 rings (SSSR count). The maximum Gasteiger partial charge on any atom is 0.305 e. The van der Waals surface area contributed by atoms with E-state index < -0.39 is 12.0 Å². The Morgan fingerprint density at radius 1 is 1.32 bits per heavy atom. The van der Waals surface area contributed by atoms with E-state index in [4.69, 9.17) is 9.84 Å². The van der Waals surface area contributed by atoms with E-state index >= 15 is 0 Å². The van der Waals surface area contributed by atoms with Crippen LogP contribution in [-0.4, -0.2) is 57.5 Å². The van der Waals surface area contributed by atoms with Gasteiger partial charge in [-0.1, -0.05) is 30.3 Å². The van der Waals surface area contributed by atoms with Crippen LogP contribution >= 0.6 is 0 Å². The molecule has 132 valence electrons. The van der Waals surface area contributed by atoms with E-state index in [1.165, 1.54) is 0 Å². The molecule has 0 radical (unpaired) electrons. The number of ether oxygens (including phenoxy) is 1. The molecular weight excluding hydrogens is 322 g/mol. The minimum Gasteiger partial charge on any atom is -0.481 e. The molecule has 1 fully saturated rings. The number of nitrogens with zero attached hydrogens (tertiary/aromatic N) is 3. The standard InChI is InChI=1S/C18H21N3O4/c1-13-16(10-19-21(13)11-14-5-3-2-4-6-14)18(24)20-7-8-25-12-15(20)9-17(22)23/h2-6,10,15H,7-9,11-12H2,1H3,(H,22,23). The fourth-order valence-electron chi connectivity index (χ4n) is 3.02. The second-order valence-corrected chi connectivity index (χ2v) is 6.11. The van der Waals surface area contributed by atoms with Crippen molar-refractivity contribution in [3.63, 3.8) is 0 Å². The van der Waals surface area contributed by atoms with Crippen molar-refractivity contribution >= 4 is 11.9 Å². The van der Waals surface area contributed by atoms with Gasteiger partial charge in [0.25, 0.3) is 5.91 Å². The number of amides is 1. The Bertz CT molecular complexity index is 757. The molecule has 2 aromatic rings. The van der Waals surface area contributed by atoms with Gasteiger partial charge in [-0.2, -0.15) is 5.10 Å². The molecule has 1 amide bonds. The predicted molar refractivity (Wildman–Crippen MR) is 90.4 cm³/mol. The van der Waals surface area contributed by atoms with Crippen LogP contribution in [0.15, 0.2) is 36.5 Å². The zero-order valence-electron chi connectivity index (χ0n) is 14.1. The van der Waals surface area contributed by atoms with Gasteiger partial charge in [-0.25, -0.2) is 0 Å². The molecule has 7 heteroatoms. The van der Waals surface area contributed by atoms with Gasteiger partial charge in [0.2, 0.25) is 0 Å². The zero-order valence-corrected chi connectivity index (χ0v) is 14.1. The third-order valence-electron chi connectivity index (χ3n) is 4.41. The number of carboxylic acid groups (broad SMARTS) is 1. The highest BCUT2D eigenvalue weighted by Gasteiger charge is 2.31. The largest absolute Gasteiger partial charge is 0.481 e. The van der Waals surface area contributed by atoms with E-state index in [0.717, 1.165) is 11.3 Å². The molecular formula is C18H21N3O4. The summed E-state index contributed by atoms with van der Waals surface area (Å²) in [5, 5.41) is 13.4. The lowest BCUT2D eigenvalue weighted by Gasteiger charge is -2.34. The van der Waals surface area contributed by atoms with Gasteiger partial charge in [-0.3, -0.25) is 14.3 Å². The zero-order chi connectivity index (χ0) is 17.8. The highest BCUT2D eigenvalue weighted by molar-refractivity contribution is 5.95. The Labute approximate surface area is 145 Å². The van der Waals surface area contributed by atoms with Gasteiger partial charge in [0.1, 0.15) is 0 Å². The quantitative estimate of drug-likeness (QED) is 0.890. The number of morpholine rings is 1. The first-order valence-corrected chi connectivity index (χ1v) is 8.23. The van der Waals surface area contributed by atoms with E-state index in [0.29, 0.717) is 25.3 Å². The Morgan fingerprint density at radius 2 is 2.08 bits per heavy atom. The summed E-state index contributed by atoms with van der Waals surface area (Å²) in [5.41, 5.74) is 2.38. The van der Waals surface area contributed by atoms with Crippen LogP contribution in [-0.2, 0) is 16.1 Å². The van der Waals surface area contributed by atoms with E-state index in [1.54, 1.807) is 15.8 Å². The summed E-state index contributed by atoms with van der Waals surface area (Å²) < 4.78 is 7.12. The van der Waals surface area contributed by atoms with Gasteiger partial charge < -0.3 is 14.7 Å². The number of hydrogen-bond donors (Lipinski definition) is 1. The number of hydrogen-bond acceptors (Lipinski definition) is 4. The molecule has 0 aliphatic carbocycles. The Hall–Kier alpha value is -2.67. The number of carbonyl (C=O) groups excluding carboxylic acids is 1. The van der Waals surface area contributed by atoms with Crippen molar-refractivity contribution in [1.82, 2.24) is 14.7 Å². The topological polar surface area (TPSA) is 84.7 Å². The first kappa shape index (κ1) is 17.2. The van der Waals surface area contributed by atoms with Crippen LogP contribution in [0, 0.1) is 6.92 Å². The molecule has 0 saturated carbocycles. The molecule has 1 aromatic carbocycles. The van der Waals surface area contributed by atoms with Crippen LogP contribution in [0.1, 0.15) is 28.0 Å². The molecule has 1 aliphatic rings. The highest BCUT2D eigenvalue weighted by atomic mass is 16.5. The molecule has 1 unspecified atom stereocenters. The molecule has 7 nitrogen and oxygen atoms in total. The normalized spacial score (nSPS) is 17.5. The number of carbonyl (C=O) groups is 2. The molecule has 1 N–H and O–H groups in total. The van der Waals surface area contributed by atoms with E-state index in [2.05, 4.69) is 5.10 Å². The fourth-order valence-corrected chi connectivity index (χ4v) is 3.02. The molecule has 0 spiro atoms. The van der Waals surface area contributed by atoms with Crippen LogP contribution in [0.5, 0.6) is 0 Å². The highest BCUT2D eigenvalue weighted by Crippen LogP contribution is 2.18. The second kappa shape index (κ2) is 7.48. The molecule has 1 saturated heterocycles. The molecule has 1 aromatic heterocycles. The average Bonchev–Trinajstić information content (AvgIpc) is 2.96. The molecule has 1 atom stereocenters. The van der Waals surface area contributed by atoms with E-state index in [9.17, 15) is 9.59 Å². The van der Waals surface area contributed by atoms with Crippen molar-refractivity contribution < 1.29 is 19.4 Å². The lowest BCUT2D eigenvalue weighted by Crippen LogP contribution is -2.49. The second-order valence-electron chi connectivity index (χ2n) is 6.11. The summed E-state index contributed by atoms with van der Waals surface area (Å²) in [7, 11) is 0. The van der Waals surface area contributed by atoms with Gasteiger partial charge in [0.15, 0.2) is 0 Å². The van der Waals surface area contributed by atoms with Gasteiger partial charge >= 0.3 is 5.97 Å². The molecule has 0 bridgehead atoms. The average molecular weight is 343 g/mol. The predicted octanol–water partition coefficient (Wildman–Crippen LogP) is 1.56. The lowest BCUT2D eigenvalue weighted by atomic mass is 10.1. The van der Waals surface area contributed by atoms with Crippen LogP contribution in [0.4, 0.5) is 0 Å². The van der Waals surface area contributed by atoms with Crippen molar-refractivity contribution in [3.05, 3.63) is 53.3 Å². The van der Waals surface area contributed by atoms with E-state index in [1.807, 2.05) is 37.3 Å². The summed E-state index contributed by atoms with van der Waals surface area (Å²) in [6.45, 7) is 3.49. The fraction of sp³-hybridized carbons (Fsp3) is 0.389. The SMILES string of the molecule is Cc1c(C(=O)N2CCOCC2CC(=O)O)cnn1Cc1ccccc1. The van der Waals surface area contributed by atoms with Crippen LogP contribution in [0.25, 0.3) is 0 Å². The van der Waals surface area contributed by atoms with Gasteiger partial charge in [-0.05, 0) is 12.5 Å². The van der Waals surface area contributed by atoms with Gasteiger partial charge in [0.05, 0.1) is 44.0 Å². The summed E-state index contributed by atoms with van der Waals surface area (Å²) in [6.07, 6.45) is 1.44. The smallest absolute Gasteiger partial charge is 0.305 e. The number of carboxylic acids is 1. The number of rotatable bonds is 5. The van der Waals surface area contributed by atoms with Crippen LogP contribution < -0.4 is 0 Å². The maximum atomic E-state index is 12.9. The molecule has 1 aliphatic heterocycles. The summed E-state index contributed by atoms with van der Waals surface area (Å²) >= 11 is 0. The first-order valence-electron chi connectivity index (χ1n) is 8.23. The van der Waals surface area contributed by atoms with Crippen LogP contribution in [0.2, 0.25) is 0 Å². The van der Waals surface area contributed by atoms with E-state index in [-0.39, 0.29) is 18.9 Å². The van der Waals surface area contributed by atoms with Crippen molar-refractivity contribution in [1.29, 1.82) is 0 Å². The van der Waals surface area contributed by atoms with Gasteiger partial charge in [-0.15, -0.1) is 0 Å². The summed E-state index contributed by atoms with van der Waals surface area (Å²) in [4.78, 5) is 25.5. The van der Waals surface area contributed by atoms with Crippen molar-refractivity contribution in [2.45, 2.75) is 25.9 Å². The van der Waals surface area contributed by atoms with Crippen molar-refractivity contribution in [2.75, 3.05) is 19.8 Å². The van der Waals surface area contributed by atoms with Crippen LogP contribution in [0.3, 0.4) is 0 Å². The number of benzene rings is 1. The monoisotopic (exact) mass is 343 g/mol. The first-order chi connectivity index (χ1) is 12.1. The lowest BCUT2D eigenvalue weighted by molar-refractivity contribution is -0.139. The minimum absolute atomic E-state index is 0.122.